The fourth-order valence-electron chi connectivity index (χ4n) is 5.82. The lowest BCUT2D eigenvalue weighted by molar-refractivity contribution is -0.124. The Morgan fingerprint density at radius 3 is 2.19 bits per heavy atom. The van der Waals surface area contributed by atoms with Crippen molar-refractivity contribution >= 4 is 34.9 Å². The number of hydrogen-bond donors (Lipinski definition) is 0. The highest BCUT2D eigenvalue weighted by Gasteiger charge is 2.67. The molecule has 2 saturated carbocycles. The second-order valence-corrected chi connectivity index (χ2v) is 9.29. The van der Waals surface area contributed by atoms with Gasteiger partial charge in [0.1, 0.15) is 5.75 Å². The second kappa shape index (κ2) is 6.79. The van der Waals surface area contributed by atoms with Crippen LogP contribution in [0.3, 0.4) is 0 Å². The average molecular weight is 434 g/mol. The minimum absolute atomic E-state index is 0.139. The van der Waals surface area contributed by atoms with Crippen LogP contribution in [-0.4, -0.2) is 24.2 Å². The lowest BCUT2D eigenvalue weighted by Gasteiger charge is -2.37. The van der Waals surface area contributed by atoms with Crippen molar-refractivity contribution < 1.29 is 19.1 Å². The van der Waals surface area contributed by atoms with E-state index < -0.39 is 0 Å². The van der Waals surface area contributed by atoms with Gasteiger partial charge in [0.2, 0.25) is 11.8 Å². The predicted molar refractivity (Wildman–Crippen MR) is 115 cm³/mol. The monoisotopic (exact) mass is 433 g/mol. The van der Waals surface area contributed by atoms with Gasteiger partial charge in [-0.2, -0.15) is 0 Å². The van der Waals surface area contributed by atoms with Crippen molar-refractivity contribution in [2.75, 3.05) is 11.5 Å². The highest BCUT2D eigenvalue weighted by atomic mass is 35.5. The number of anilines is 1. The number of imide groups is 1. The minimum atomic E-state index is -0.269. The number of amides is 2. The zero-order valence-corrected chi connectivity index (χ0v) is 17.4. The summed E-state index contributed by atoms with van der Waals surface area (Å²) in [4.78, 5) is 40.6. The molecule has 0 spiro atoms. The minimum Gasteiger partial charge on any atom is -0.483 e. The number of benzene rings is 2. The van der Waals surface area contributed by atoms with Crippen molar-refractivity contribution in [1.82, 2.24) is 0 Å². The second-order valence-electron chi connectivity index (χ2n) is 8.85. The van der Waals surface area contributed by atoms with E-state index in [0.29, 0.717) is 33.9 Å². The van der Waals surface area contributed by atoms with Crippen molar-refractivity contribution in [3.05, 3.63) is 71.3 Å². The lowest BCUT2D eigenvalue weighted by atomic mass is 9.63. The number of ether oxygens (including phenoxy) is 1. The Labute approximate surface area is 184 Å². The topological polar surface area (TPSA) is 63.7 Å². The summed E-state index contributed by atoms with van der Waals surface area (Å²) in [6, 6.07) is 13.5. The van der Waals surface area contributed by atoms with Gasteiger partial charge in [0.05, 0.1) is 17.5 Å². The Kier molecular flexibility index (Phi) is 4.12. The van der Waals surface area contributed by atoms with E-state index in [0.717, 1.165) is 6.42 Å². The summed E-state index contributed by atoms with van der Waals surface area (Å²) in [5.41, 5.74) is 0.909. The Hall–Kier alpha value is -2.92. The summed E-state index contributed by atoms with van der Waals surface area (Å²) in [6.45, 7) is -0.196. The smallest absolute Gasteiger partial charge is 0.238 e. The normalized spacial score (nSPS) is 32.1. The van der Waals surface area contributed by atoms with Crippen LogP contribution in [0.2, 0.25) is 5.02 Å². The summed E-state index contributed by atoms with van der Waals surface area (Å²) in [5.74, 6) is 0.775. The van der Waals surface area contributed by atoms with E-state index in [4.69, 9.17) is 16.3 Å². The van der Waals surface area contributed by atoms with Crippen LogP contribution in [-0.2, 0) is 9.59 Å². The van der Waals surface area contributed by atoms with Crippen molar-refractivity contribution in [2.24, 2.45) is 35.5 Å². The molecule has 7 rings (SSSR count). The molecule has 31 heavy (non-hydrogen) atoms. The molecule has 0 unspecified atom stereocenters. The molecule has 1 saturated heterocycles. The lowest BCUT2D eigenvalue weighted by Crippen LogP contribution is -2.40. The van der Waals surface area contributed by atoms with E-state index in [-0.39, 0.29) is 47.9 Å². The quantitative estimate of drug-likeness (QED) is 0.403. The highest BCUT2D eigenvalue weighted by molar-refractivity contribution is 6.30. The molecule has 0 radical (unpaired) electrons. The number of nitrogens with zero attached hydrogens (tertiary/aromatic N) is 1. The van der Waals surface area contributed by atoms with Gasteiger partial charge in [0.25, 0.3) is 0 Å². The first-order valence-corrected chi connectivity index (χ1v) is 11.0. The standard InChI is InChI=1S/C25H20ClNO4/c26-14-7-5-13(6-8-14)20(28)12-31-21-4-2-1-3-19(21)27-24(29)22-15-9-10-16(18-11-17(15)18)23(22)25(27)30/h1-10,15-18,22-23H,11-12H2/t15-,16+,17-,18-,22+,23-/m1/s1. The molecule has 1 aliphatic heterocycles. The van der Waals surface area contributed by atoms with Crippen LogP contribution in [0.4, 0.5) is 5.69 Å². The number of rotatable bonds is 5. The number of carbonyl (C=O) groups excluding carboxylic acids is 3. The van der Waals surface area contributed by atoms with Crippen LogP contribution >= 0.6 is 11.6 Å². The molecular formula is C25H20ClNO4. The fourth-order valence-corrected chi connectivity index (χ4v) is 5.95. The Bertz CT molecular complexity index is 1100. The first kappa shape index (κ1) is 18.8. The zero-order valence-electron chi connectivity index (χ0n) is 16.6. The first-order chi connectivity index (χ1) is 15.0. The van der Waals surface area contributed by atoms with Gasteiger partial charge < -0.3 is 4.74 Å². The number of halogens is 1. The van der Waals surface area contributed by atoms with Gasteiger partial charge in [0.15, 0.2) is 12.4 Å². The zero-order chi connectivity index (χ0) is 21.3. The van der Waals surface area contributed by atoms with E-state index in [2.05, 4.69) is 12.2 Å². The number of ketones is 1. The maximum Gasteiger partial charge on any atom is 0.238 e. The van der Waals surface area contributed by atoms with Gasteiger partial charge in [0, 0.05) is 10.6 Å². The maximum atomic E-state index is 13.4. The van der Waals surface area contributed by atoms with E-state index >= 15 is 0 Å². The summed E-state index contributed by atoms with van der Waals surface area (Å²) in [6.07, 6.45) is 5.44. The van der Waals surface area contributed by atoms with Crippen molar-refractivity contribution in [1.29, 1.82) is 0 Å². The molecule has 4 aliphatic carbocycles. The summed E-state index contributed by atoms with van der Waals surface area (Å²) < 4.78 is 5.80. The van der Waals surface area contributed by atoms with E-state index in [9.17, 15) is 14.4 Å². The summed E-state index contributed by atoms with van der Waals surface area (Å²) >= 11 is 5.88. The number of carbonyl (C=O) groups is 3. The van der Waals surface area contributed by atoms with Crippen molar-refractivity contribution in [3.63, 3.8) is 0 Å². The Morgan fingerprint density at radius 1 is 0.935 bits per heavy atom. The van der Waals surface area contributed by atoms with E-state index in [1.54, 1.807) is 48.5 Å². The molecule has 5 aliphatic rings. The molecule has 5 nitrogen and oxygen atoms in total. The van der Waals surface area contributed by atoms with Gasteiger partial charge in [-0.1, -0.05) is 35.9 Å². The van der Waals surface area contributed by atoms with E-state index in [1.807, 2.05) is 0 Å². The molecule has 1 heterocycles. The number of Topliss-reactive ketones (excluding diaryl/α,β-unsaturated/α-hetero) is 1. The number of allylic oxidation sites excluding steroid dienone is 2. The third-order valence-electron chi connectivity index (χ3n) is 7.29. The number of para-hydroxylation sites is 2. The SMILES string of the molecule is O=C(COc1ccccc1N1C(=O)[C@@H]2[C@H]3C=C[C@H]([C@H]4C[C@H]34)[C@@H]2C1=O)c1ccc(Cl)cc1. The summed E-state index contributed by atoms with van der Waals surface area (Å²) in [7, 11) is 0. The molecule has 156 valence electrons. The molecule has 3 fully saturated rings. The van der Waals surface area contributed by atoms with Gasteiger partial charge in [-0.05, 0) is 66.5 Å². The van der Waals surface area contributed by atoms with E-state index in [1.165, 1.54) is 4.90 Å². The third kappa shape index (κ3) is 2.79. The first-order valence-electron chi connectivity index (χ1n) is 10.6. The third-order valence-corrected chi connectivity index (χ3v) is 7.55. The molecule has 2 bridgehead atoms. The Morgan fingerprint density at radius 2 is 1.55 bits per heavy atom. The molecular weight excluding hydrogens is 414 g/mol. The van der Waals surface area contributed by atoms with Gasteiger partial charge >= 0.3 is 0 Å². The van der Waals surface area contributed by atoms with Gasteiger partial charge in [-0.25, -0.2) is 4.90 Å². The molecule has 6 heteroatoms. The Balaban J connectivity index is 1.26. The highest BCUT2D eigenvalue weighted by Crippen LogP contribution is 2.65. The van der Waals surface area contributed by atoms with Crippen LogP contribution in [0.5, 0.6) is 5.75 Å². The molecule has 2 aromatic carbocycles. The fraction of sp³-hybridized carbons (Fsp3) is 0.320. The van der Waals surface area contributed by atoms with Crippen molar-refractivity contribution in [2.45, 2.75) is 6.42 Å². The predicted octanol–water partition coefficient (Wildman–Crippen LogP) is 4.16. The van der Waals surface area contributed by atoms with Crippen LogP contribution in [0.15, 0.2) is 60.7 Å². The van der Waals surface area contributed by atoms with Crippen LogP contribution < -0.4 is 9.64 Å². The van der Waals surface area contributed by atoms with Crippen LogP contribution in [0.1, 0.15) is 16.8 Å². The molecule has 2 aromatic rings. The van der Waals surface area contributed by atoms with Crippen molar-refractivity contribution in [3.8, 4) is 5.75 Å². The summed E-state index contributed by atoms with van der Waals surface area (Å²) in [5, 5.41) is 0.552. The molecule has 2 amide bonds. The van der Waals surface area contributed by atoms with Gasteiger partial charge in [-0.3, -0.25) is 14.4 Å². The van der Waals surface area contributed by atoms with Crippen LogP contribution in [0.25, 0.3) is 0 Å². The molecule has 6 atom stereocenters. The largest absolute Gasteiger partial charge is 0.483 e. The van der Waals surface area contributed by atoms with Gasteiger partial charge in [-0.15, -0.1) is 0 Å². The number of hydrogen-bond acceptors (Lipinski definition) is 4. The molecule has 0 aromatic heterocycles. The average Bonchev–Trinajstić information content (AvgIpc) is 3.56. The maximum absolute atomic E-state index is 13.4. The van der Waals surface area contributed by atoms with Crippen LogP contribution in [0, 0.1) is 35.5 Å². The molecule has 0 N–H and O–H groups in total.